The first-order valence-corrected chi connectivity index (χ1v) is 8.13. The number of unbranched alkanes of at least 4 members (excludes halogenated alkanes) is 1. The normalized spacial score (nSPS) is 18.6. The van der Waals surface area contributed by atoms with Crippen molar-refractivity contribution in [2.75, 3.05) is 26.3 Å². The number of hydrogen-bond donors (Lipinski definition) is 1. The Hall–Kier alpha value is -0.120. The smallest absolute Gasteiger partial charge is 0.0900 e. The van der Waals surface area contributed by atoms with Crippen molar-refractivity contribution in [2.24, 2.45) is 5.92 Å². The Balaban J connectivity index is 2.29. The second-order valence-electron chi connectivity index (χ2n) is 6.37. The van der Waals surface area contributed by atoms with Crippen LogP contribution in [0.25, 0.3) is 0 Å². The molecule has 1 N–H and O–H groups in total. The van der Waals surface area contributed by atoms with Crippen LogP contribution >= 0.6 is 0 Å². The van der Waals surface area contributed by atoms with E-state index in [2.05, 4.69) is 25.7 Å². The summed E-state index contributed by atoms with van der Waals surface area (Å²) in [7, 11) is 0. The monoisotopic (exact) mass is 271 g/mol. The Bertz CT molecular complexity index is 215. The molecule has 0 aliphatic heterocycles. The maximum absolute atomic E-state index is 10.1. The van der Waals surface area contributed by atoms with E-state index in [1.165, 1.54) is 25.7 Å². The van der Waals surface area contributed by atoms with Crippen molar-refractivity contribution in [1.29, 1.82) is 0 Å². The van der Waals surface area contributed by atoms with Gasteiger partial charge in [0.25, 0.3) is 0 Å². The van der Waals surface area contributed by atoms with Gasteiger partial charge < -0.3 is 9.84 Å². The first-order chi connectivity index (χ1) is 9.13. The van der Waals surface area contributed by atoms with Crippen LogP contribution in [-0.2, 0) is 4.74 Å². The van der Waals surface area contributed by atoms with Gasteiger partial charge in [-0.1, -0.05) is 40.0 Å². The minimum Gasteiger partial charge on any atom is -0.389 e. The maximum atomic E-state index is 10.1. The van der Waals surface area contributed by atoms with E-state index in [9.17, 15) is 5.11 Å². The first-order valence-electron chi connectivity index (χ1n) is 8.13. The van der Waals surface area contributed by atoms with E-state index in [1.54, 1.807) is 0 Å². The van der Waals surface area contributed by atoms with Gasteiger partial charge in [0.15, 0.2) is 0 Å². The third kappa shape index (κ3) is 7.28. The first kappa shape index (κ1) is 16.9. The van der Waals surface area contributed by atoms with Crippen LogP contribution in [-0.4, -0.2) is 48.5 Å². The second kappa shape index (κ2) is 9.73. The van der Waals surface area contributed by atoms with Gasteiger partial charge in [-0.15, -0.1) is 0 Å². The van der Waals surface area contributed by atoms with Crippen LogP contribution in [0, 0.1) is 5.92 Å². The summed E-state index contributed by atoms with van der Waals surface area (Å²) in [6.07, 6.45) is 7.20. The highest BCUT2D eigenvalue weighted by Gasteiger charge is 2.24. The lowest BCUT2D eigenvalue weighted by Gasteiger charge is -2.32. The quantitative estimate of drug-likeness (QED) is 0.620. The highest BCUT2D eigenvalue weighted by Crippen LogP contribution is 2.24. The minimum atomic E-state index is -0.337. The van der Waals surface area contributed by atoms with Gasteiger partial charge in [-0.25, -0.2) is 0 Å². The van der Waals surface area contributed by atoms with Crippen LogP contribution < -0.4 is 0 Å². The predicted octanol–water partition coefficient (Wildman–Crippen LogP) is 3.06. The molecule has 3 heteroatoms. The molecule has 1 aliphatic carbocycles. The summed E-state index contributed by atoms with van der Waals surface area (Å²) in [5.41, 5.74) is 0. The lowest BCUT2D eigenvalue weighted by Crippen LogP contribution is -2.42. The molecule has 1 atom stereocenters. The lowest BCUT2D eigenvalue weighted by molar-refractivity contribution is 0.00555. The predicted molar refractivity (Wildman–Crippen MR) is 80.4 cm³/mol. The molecule has 0 spiro atoms. The van der Waals surface area contributed by atoms with Gasteiger partial charge in [0.1, 0.15) is 0 Å². The van der Waals surface area contributed by atoms with Gasteiger partial charge in [0.2, 0.25) is 0 Å². The number of aliphatic hydroxyl groups is 1. The SMILES string of the molecule is CCCCOCC(O)CN(CC(C)C)C1CCCC1. The highest BCUT2D eigenvalue weighted by atomic mass is 16.5. The average molecular weight is 271 g/mol. The van der Waals surface area contributed by atoms with Crippen LogP contribution in [0.3, 0.4) is 0 Å². The molecule has 1 fully saturated rings. The van der Waals surface area contributed by atoms with Gasteiger partial charge in [-0.05, 0) is 25.2 Å². The molecular formula is C16H33NO2. The molecule has 0 aromatic rings. The molecule has 3 nitrogen and oxygen atoms in total. The van der Waals surface area contributed by atoms with E-state index in [4.69, 9.17) is 4.74 Å². The third-order valence-corrected chi connectivity index (χ3v) is 3.84. The summed E-state index contributed by atoms with van der Waals surface area (Å²) in [5.74, 6) is 0.661. The molecular weight excluding hydrogens is 238 g/mol. The van der Waals surface area contributed by atoms with E-state index >= 15 is 0 Å². The highest BCUT2D eigenvalue weighted by molar-refractivity contribution is 4.79. The molecule has 114 valence electrons. The molecule has 0 aromatic carbocycles. The Morgan fingerprint density at radius 2 is 1.89 bits per heavy atom. The zero-order valence-corrected chi connectivity index (χ0v) is 13.1. The standard InChI is InChI=1S/C16H33NO2/c1-4-5-10-19-13-16(18)12-17(11-14(2)3)15-8-6-7-9-15/h14-16,18H,4-13H2,1-3H3. The fourth-order valence-corrected chi connectivity index (χ4v) is 2.90. The molecule has 1 aliphatic rings. The van der Waals surface area contributed by atoms with Crippen LogP contribution in [0.1, 0.15) is 59.3 Å². The van der Waals surface area contributed by atoms with Crippen molar-refractivity contribution in [1.82, 2.24) is 4.90 Å². The van der Waals surface area contributed by atoms with E-state index in [0.29, 0.717) is 18.6 Å². The van der Waals surface area contributed by atoms with E-state index < -0.39 is 0 Å². The van der Waals surface area contributed by atoms with E-state index in [1.807, 2.05) is 0 Å². The van der Waals surface area contributed by atoms with Crippen molar-refractivity contribution in [2.45, 2.75) is 71.4 Å². The molecule has 1 rings (SSSR count). The number of rotatable bonds is 10. The molecule has 0 aromatic heterocycles. The summed E-state index contributed by atoms with van der Waals surface area (Å²) in [6.45, 7) is 9.80. The van der Waals surface area contributed by atoms with Crippen molar-refractivity contribution < 1.29 is 9.84 Å². The zero-order chi connectivity index (χ0) is 14.1. The Kier molecular flexibility index (Phi) is 8.67. The van der Waals surface area contributed by atoms with Crippen LogP contribution in [0.15, 0.2) is 0 Å². The number of hydrogen-bond acceptors (Lipinski definition) is 3. The number of nitrogens with zero attached hydrogens (tertiary/aromatic N) is 1. The van der Waals surface area contributed by atoms with Crippen LogP contribution in [0.5, 0.6) is 0 Å². The van der Waals surface area contributed by atoms with Crippen molar-refractivity contribution in [3.05, 3.63) is 0 Å². The summed E-state index contributed by atoms with van der Waals surface area (Å²) in [4.78, 5) is 2.49. The molecule has 0 heterocycles. The maximum Gasteiger partial charge on any atom is 0.0900 e. The van der Waals surface area contributed by atoms with Gasteiger partial charge in [0.05, 0.1) is 12.7 Å². The fraction of sp³-hybridized carbons (Fsp3) is 1.00. The summed E-state index contributed by atoms with van der Waals surface area (Å²) in [5, 5.41) is 10.1. The largest absolute Gasteiger partial charge is 0.389 e. The van der Waals surface area contributed by atoms with Crippen LogP contribution in [0.2, 0.25) is 0 Å². The number of ether oxygens (including phenoxy) is 1. The summed E-state index contributed by atoms with van der Waals surface area (Å²) < 4.78 is 5.53. The molecule has 1 saturated carbocycles. The Morgan fingerprint density at radius 3 is 2.47 bits per heavy atom. The topological polar surface area (TPSA) is 32.7 Å². The van der Waals surface area contributed by atoms with Gasteiger partial charge >= 0.3 is 0 Å². The van der Waals surface area contributed by atoms with Crippen molar-refractivity contribution >= 4 is 0 Å². The molecule has 0 radical (unpaired) electrons. The second-order valence-corrected chi connectivity index (χ2v) is 6.37. The number of aliphatic hydroxyl groups excluding tert-OH is 1. The molecule has 1 unspecified atom stereocenters. The molecule has 0 saturated heterocycles. The zero-order valence-electron chi connectivity index (χ0n) is 13.1. The van der Waals surface area contributed by atoms with Crippen molar-refractivity contribution in [3.63, 3.8) is 0 Å². The van der Waals surface area contributed by atoms with E-state index in [0.717, 1.165) is 32.5 Å². The van der Waals surface area contributed by atoms with Gasteiger partial charge in [-0.3, -0.25) is 4.90 Å². The molecule has 19 heavy (non-hydrogen) atoms. The Morgan fingerprint density at radius 1 is 1.21 bits per heavy atom. The van der Waals surface area contributed by atoms with Crippen LogP contribution in [0.4, 0.5) is 0 Å². The van der Waals surface area contributed by atoms with E-state index in [-0.39, 0.29) is 6.10 Å². The molecule has 0 bridgehead atoms. The summed E-state index contributed by atoms with van der Waals surface area (Å²) >= 11 is 0. The molecule has 0 amide bonds. The minimum absolute atomic E-state index is 0.337. The lowest BCUT2D eigenvalue weighted by atomic mass is 10.1. The van der Waals surface area contributed by atoms with Gasteiger partial charge in [-0.2, -0.15) is 0 Å². The summed E-state index contributed by atoms with van der Waals surface area (Å²) in [6, 6.07) is 0.688. The van der Waals surface area contributed by atoms with Gasteiger partial charge in [0, 0.05) is 25.7 Å². The fourth-order valence-electron chi connectivity index (χ4n) is 2.90. The third-order valence-electron chi connectivity index (χ3n) is 3.84. The van der Waals surface area contributed by atoms with Crippen molar-refractivity contribution in [3.8, 4) is 0 Å². The Labute approximate surface area is 119 Å². The average Bonchev–Trinajstić information content (AvgIpc) is 2.87.